The second kappa shape index (κ2) is 7.70. The van der Waals surface area contributed by atoms with Gasteiger partial charge in [0, 0.05) is 5.92 Å². The van der Waals surface area contributed by atoms with E-state index < -0.39 is 73.5 Å². The van der Waals surface area contributed by atoms with Crippen LogP contribution in [0.3, 0.4) is 0 Å². The van der Waals surface area contributed by atoms with Crippen molar-refractivity contribution < 1.29 is 54.1 Å². The summed E-state index contributed by atoms with van der Waals surface area (Å²) in [6.07, 6.45) is -8.54. The molecule has 0 aromatic rings. The van der Waals surface area contributed by atoms with Crippen molar-refractivity contribution in [1.82, 2.24) is 0 Å². The molecule has 11 heteroatoms. The van der Waals surface area contributed by atoms with E-state index in [1.807, 2.05) is 0 Å². The summed E-state index contributed by atoms with van der Waals surface area (Å²) in [6.45, 7) is 0.936. The highest BCUT2D eigenvalue weighted by atomic mass is 16.8. The molecule has 3 aliphatic heterocycles. The number of ether oxygens (including phenoxy) is 4. The zero-order chi connectivity index (χ0) is 19.9. The number of hydrogen-bond acceptors (Lipinski definition) is 10. The van der Waals surface area contributed by atoms with E-state index >= 15 is 0 Å². The van der Waals surface area contributed by atoms with Crippen molar-refractivity contribution in [1.29, 1.82) is 0 Å². The van der Waals surface area contributed by atoms with Crippen molar-refractivity contribution in [3.05, 3.63) is 11.8 Å². The molecule has 3 aliphatic rings. The molecule has 0 amide bonds. The minimum atomic E-state index is -1.64. The predicted octanol–water partition coefficient (Wildman–Crippen LogP) is -2.30. The molecule has 0 bridgehead atoms. The molecule has 0 unspecified atom stereocenters. The van der Waals surface area contributed by atoms with Crippen LogP contribution < -0.4 is 0 Å². The van der Waals surface area contributed by atoms with Gasteiger partial charge in [-0.2, -0.15) is 0 Å². The van der Waals surface area contributed by atoms with E-state index in [-0.39, 0.29) is 12.0 Å². The molecule has 2 fully saturated rings. The molecule has 0 saturated carbocycles. The van der Waals surface area contributed by atoms with Crippen LogP contribution in [0.2, 0.25) is 0 Å². The molecule has 152 valence electrons. The van der Waals surface area contributed by atoms with E-state index in [9.17, 15) is 35.1 Å². The average molecular weight is 390 g/mol. The number of carbonyl (C=O) groups is 2. The Hall–Kier alpha value is -1.76. The highest BCUT2D eigenvalue weighted by Crippen LogP contribution is 2.41. The SMILES string of the molecule is C[C@@H]1OC(=O)C[C@H]2C(C(=O)O)=CO[C@@H](O[C@@H]3O[C@H](CO)[C@@H](O)[C@H](O)[C@H]3O)[C@@H]12. The van der Waals surface area contributed by atoms with Crippen LogP contribution in [0.5, 0.6) is 0 Å². The molecular formula is C16H22O11. The van der Waals surface area contributed by atoms with Gasteiger partial charge in [0.1, 0.15) is 30.5 Å². The van der Waals surface area contributed by atoms with Crippen molar-refractivity contribution >= 4 is 11.9 Å². The highest BCUT2D eigenvalue weighted by Gasteiger charge is 2.51. The third kappa shape index (κ3) is 3.66. The van der Waals surface area contributed by atoms with Crippen LogP contribution in [0.4, 0.5) is 0 Å². The topological polar surface area (TPSA) is 172 Å². The maximum absolute atomic E-state index is 11.7. The number of carboxylic acids is 1. The molecule has 0 aromatic carbocycles. The van der Waals surface area contributed by atoms with Gasteiger partial charge in [-0.25, -0.2) is 4.79 Å². The minimum absolute atomic E-state index is 0.0999. The van der Waals surface area contributed by atoms with Gasteiger partial charge in [0.25, 0.3) is 0 Å². The lowest BCUT2D eigenvalue weighted by atomic mass is 9.77. The number of fused-ring (bicyclic) bond motifs is 1. The summed E-state index contributed by atoms with van der Waals surface area (Å²) in [5, 5.41) is 48.4. The molecule has 5 N–H and O–H groups in total. The van der Waals surface area contributed by atoms with Gasteiger partial charge in [0.15, 0.2) is 6.29 Å². The average Bonchev–Trinajstić information content (AvgIpc) is 2.61. The molecule has 0 spiro atoms. The normalized spacial score (nSPS) is 44.6. The lowest BCUT2D eigenvalue weighted by molar-refractivity contribution is -0.346. The standard InChI is InChI=1S/C16H22O11/c1-5-10-6(2-9(18)25-5)7(14(22)23)4-24-15(10)27-16-13(21)12(20)11(19)8(3-17)26-16/h4-6,8,10-13,15-17,19-21H,2-3H2,1H3,(H,22,23)/t5-,6-,8+,10-,11+,12-,13+,15-,16-/m0/s1. The number of carbonyl (C=O) groups excluding carboxylic acids is 1. The fourth-order valence-electron chi connectivity index (χ4n) is 3.67. The Morgan fingerprint density at radius 1 is 1.22 bits per heavy atom. The third-order valence-electron chi connectivity index (χ3n) is 5.12. The molecule has 0 radical (unpaired) electrons. The number of esters is 1. The number of aliphatic hydroxyl groups is 4. The van der Waals surface area contributed by atoms with Crippen LogP contribution in [-0.4, -0.2) is 87.2 Å². The maximum atomic E-state index is 11.7. The Morgan fingerprint density at radius 3 is 2.56 bits per heavy atom. The number of hydrogen-bond donors (Lipinski definition) is 5. The molecule has 0 aromatic heterocycles. The zero-order valence-electron chi connectivity index (χ0n) is 14.4. The number of rotatable bonds is 4. The van der Waals surface area contributed by atoms with Crippen molar-refractivity contribution in [2.24, 2.45) is 11.8 Å². The summed E-state index contributed by atoms with van der Waals surface area (Å²) in [5.74, 6) is -3.23. The molecule has 9 atom stereocenters. The number of cyclic esters (lactones) is 1. The first-order valence-corrected chi connectivity index (χ1v) is 8.48. The lowest BCUT2D eigenvalue weighted by Gasteiger charge is -2.45. The van der Waals surface area contributed by atoms with E-state index in [1.165, 1.54) is 0 Å². The Labute approximate surface area is 153 Å². The fourth-order valence-corrected chi connectivity index (χ4v) is 3.67. The molecule has 2 saturated heterocycles. The van der Waals surface area contributed by atoms with Gasteiger partial charge in [-0.1, -0.05) is 0 Å². The summed E-state index contributed by atoms with van der Waals surface area (Å²) in [5.41, 5.74) is -0.0999. The van der Waals surface area contributed by atoms with E-state index in [2.05, 4.69) is 0 Å². The Balaban J connectivity index is 1.82. The van der Waals surface area contributed by atoms with E-state index in [0.717, 1.165) is 6.26 Å². The Bertz CT molecular complexity index is 617. The van der Waals surface area contributed by atoms with Crippen molar-refractivity contribution in [2.75, 3.05) is 6.61 Å². The Kier molecular flexibility index (Phi) is 5.70. The van der Waals surface area contributed by atoms with Gasteiger partial charge in [0.2, 0.25) is 6.29 Å². The summed E-state index contributed by atoms with van der Waals surface area (Å²) >= 11 is 0. The molecule has 3 rings (SSSR count). The van der Waals surface area contributed by atoms with Gasteiger partial charge in [-0.15, -0.1) is 0 Å². The zero-order valence-corrected chi connectivity index (χ0v) is 14.4. The molecule has 3 heterocycles. The van der Waals surface area contributed by atoms with Crippen LogP contribution in [0.15, 0.2) is 11.8 Å². The smallest absolute Gasteiger partial charge is 0.335 e. The van der Waals surface area contributed by atoms with E-state index in [4.69, 9.17) is 18.9 Å². The summed E-state index contributed by atoms with van der Waals surface area (Å²) in [4.78, 5) is 23.2. The first-order valence-electron chi connectivity index (χ1n) is 8.48. The largest absolute Gasteiger partial charge is 0.478 e. The molecule has 27 heavy (non-hydrogen) atoms. The van der Waals surface area contributed by atoms with Crippen molar-refractivity contribution in [2.45, 2.75) is 56.4 Å². The molecular weight excluding hydrogens is 368 g/mol. The van der Waals surface area contributed by atoms with Crippen LogP contribution in [-0.2, 0) is 28.5 Å². The van der Waals surface area contributed by atoms with Gasteiger partial charge >= 0.3 is 11.9 Å². The number of aliphatic hydroxyl groups excluding tert-OH is 4. The van der Waals surface area contributed by atoms with Crippen molar-refractivity contribution in [3.8, 4) is 0 Å². The molecule has 11 nitrogen and oxygen atoms in total. The summed E-state index contributed by atoms with van der Waals surface area (Å²) in [7, 11) is 0. The fraction of sp³-hybridized carbons (Fsp3) is 0.750. The van der Waals surface area contributed by atoms with E-state index in [1.54, 1.807) is 6.92 Å². The van der Waals surface area contributed by atoms with Gasteiger partial charge in [-0.3, -0.25) is 4.79 Å². The first-order chi connectivity index (χ1) is 12.7. The lowest BCUT2D eigenvalue weighted by Crippen LogP contribution is -2.61. The Morgan fingerprint density at radius 2 is 1.93 bits per heavy atom. The number of carboxylic acid groups (broad SMARTS) is 1. The third-order valence-corrected chi connectivity index (χ3v) is 5.12. The maximum Gasteiger partial charge on any atom is 0.335 e. The van der Waals surface area contributed by atoms with Gasteiger partial charge < -0.3 is 44.5 Å². The van der Waals surface area contributed by atoms with Crippen LogP contribution in [0.1, 0.15) is 13.3 Å². The van der Waals surface area contributed by atoms with Crippen molar-refractivity contribution in [3.63, 3.8) is 0 Å². The van der Waals surface area contributed by atoms with Crippen LogP contribution in [0.25, 0.3) is 0 Å². The highest BCUT2D eigenvalue weighted by molar-refractivity contribution is 5.88. The van der Waals surface area contributed by atoms with Crippen LogP contribution in [0, 0.1) is 11.8 Å². The van der Waals surface area contributed by atoms with Gasteiger partial charge in [0.05, 0.1) is 30.8 Å². The monoisotopic (exact) mass is 390 g/mol. The second-order valence-corrected chi connectivity index (χ2v) is 6.80. The molecule has 0 aliphatic carbocycles. The van der Waals surface area contributed by atoms with Crippen LogP contribution >= 0.6 is 0 Å². The summed E-state index contributed by atoms with van der Waals surface area (Å²) in [6, 6.07) is 0. The quantitative estimate of drug-likeness (QED) is 0.327. The number of aliphatic carboxylic acids is 1. The second-order valence-electron chi connectivity index (χ2n) is 6.80. The van der Waals surface area contributed by atoms with Gasteiger partial charge in [-0.05, 0) is 6.92 Å². The minimum Gasteiger partial charge on any atom is -0.478 e. The predicted molar refractivity (Wildman–Crippen MR) is 82.6 cm³/mol. The van der Waals surface area contributed by atoms with E-state index in [0.29, 0.717) is 0 Å². The summed E-state index contributed by atoms with van der Waals surface area (Å²) < 4.78 is 21.4. The first kappa shape index (κ1) is 20.0.